The van der Waals surface area contributed by atoms with Crippen LogP contribution in [-0.2, 0) is 52.2 Å². The normalized spacial score (nSPS) is 11.2. The van der Waals surface area contributed by atoms with Gasteiger partial charge in [-0.05, 0) is 134 Å². The lowest BCUT2D eigenvalue weighted by atomic mass is 9.99. The second-order valence-electron chi connectivity index (χ2n) is 15.4. The highest BCUT2D eigenvalue weighted by atomic mass is 32.2. The van der Waals surface area contributed by atoms with Crippen molar-refractivity contribution < 1.29 is 46.5 Å². The van der Waals surface area contributed by atoms with Crippen LogP contribution in [-0.4, -0.2) is 50.1 Å². The number of para-hydroxylation sites is 2. The summed E-state index contributed by atoms with van der Waals surface area (Å²) >= 11 is 0. The van der Waals surface area contributed by atoms with Crippen molar-refractivity contribution in [1.82, 2.24) is 0 Å². The Hall–Kier alpha value is -6.77. The average Bonchev–Trinajstić information content (AvgIpc) is 3.30. The molecule has 0 radical (unpaired) electrons. The zero-order valence-corrected chi connectivity index (χ0v) is 37.8. The molecule has 0 fully saturated rings. The van der Waals surface area contributed by atoms with Gasteiger partial charge in [-0.25, -0.2) is 31.2 Å². The maximum absolute atomic E-state index is 12.9. The highest BCUT2D eigenvalue weighted by Crippen LogP contribution is 2.26. The number of sulfonamides is 2. The third-order valence-corrected chi connectivity index (χ3v) is 13.7. The fourth-order valence-corrected chi connectivity index (χ4v) is 9.77. The summed E-state index contributed by atoms with van der Waals surface area (Å²) in [6.07, 6.45) is 8.73. The summed E-state index contributed by atoms with van der Waals surface area (Å²) in [7, 11) is -7.73. The molecule has 0 saturated carbocycles. The van der Waals surface area contributed by atoms with E-state index in [-0.39, 0.29) is 15.4 Å². The molecule has 340 valence electrons. The van der Waals surface area contributed by atoms with Crippen LogP contribution in [0.15, 0.2) is 155 Å². The van der Waals surface area contributed by atoms with Crippen molar-refractivity contribution in [2.75, 3.05) is 9.44 Å². The maximum Gasteiger partial charge on any atom is 0.337 e. The summed E-state index contributed by atoms with van der Waals surface area (Å²) in [6.45, 7) is 2.03. The first-order valence-electron chi connectivity index (χ1n) is 21.4. The van der Waals surface area contributed by atoms with Gasteiger partial charge in [0.2, 0.25) is 0 Å². The standard InChI is InChI=1S/C26H29NO4S.C25H25NO6S/c1-2-20-16-18-23(19-17-20)32(30,31)27-25-15-9-7-13-22(25)12-5-3-4-10-21-11-6-8-14-24(21)26(28)29;27-24(28)20-14-6-4-11-18(20)10-2-1-3-12-19-13-5-8-16-22(19)26-33(31,32)23-17-9-7-15-21(23)25(29)30/h6-9,11,13-19,27H,2-5,10,12H2,1H3,(H,28,29);4-9,11,13-17,26H,1-3,10,12H2,(H,27,28)(H,29,30). The van der Waals surface area contributed by atoms with Crippen LogP contribution in [0.5, 0.6) is 0 Å². The quantitative estimate of drug-likeness (QED) is 0.0408. The van der Waals surface area contributed by atoms with Crippen LogP contribution in [0.1, 0.15) is 104 Å². The number of aryl methyl sites for hydroxylation is 5. The Bertz CT molecular complexity index is 2790. The van der Waals surface area contributed by atoms with Gasteiger partial charge in [-0.15, -0.1) is 0 Å². The second kappa shape index (κ2) is 23.8. The van der Waals surface area contributed by atoms with E-state index in [4.69, 9.17) is 0 Å². The van der Waals surface area contributed by atoms with Gasteiger partial charge in [-0.3, -0.25) is 9.44 Å². The summed E-state index contributed by atoms with van der Waals surface area (Å²) in [6, 6.07) is 41.0. The Morgan fingerprint density at radius 1 is 0.415 bits per heavy atom. The minimum Gasteiger partial charge on any atom is -0.478 e. The molecule has 6 aromatic rings. The van der Waals surface area contributed by atoms with E-state index in [1.807, 2.05) is 73.7 Å². The molecule has 0 heterocycles. The first kappa shape index (κ1) is 49.2. The third kappa shape index (κ3) is 14.4. The fraction of sp³-hybridized carbons (Fsp3) is 0.235. The van der Waals surface area contributed by atoms with Gasteiger partial charge < -0.3 is 15.3 Å². The molecule has 0 bridgehead atoms. The number of rotatable bonds is 22. The van der Waals surface area contributed by atoms with Crippen LogP contribution < -0.4 is 9.44 Å². The number of hydrogen-bond donors (Lipinski definition) is 5. The Morgan fingerprint density at radius 2 is 0.769 bits per heavy atom. The molecule has 65 heavy (non-hydrogen) atoms. The number of carboxylic acids is 3. The zero-order valence-electron chi connectivity index (χ0n) is 36.2. The summed E-state index contributed by atoms with van der Waals surface area (Å²) in [5.41, 5.74) is 5.90. The van der Waals surface area contributed by atoms with Crippen LogP contribution in [0.4, 0.5) is 11.4 Å². The lowest BCUT2D eigenvalue weighted by molar-refractivity contribution is 0.0683. The third-order valence-electron chi connectivity index (χ3n) is 10.9. The van der Waals surface area contributed by atoms with Gasteiger partial charge in [0.25, 0.3) is 20.0 Å². The van der Waals surface area contributed by atoms with E-state index in [0.29, 0.717) is 41.8 Å². The van der Waals surface area contributed by atoms with Gasteiger partial charge in [0.15, 0.2) is 0 Å². The molecule has 14 heteroatoms. The highest BCUT2D eigenvalue weighted by Gasteiger charge is 2.23. The molecule has 0 atom stereocenters. The van der Waals surface area contributed by atoms with Crippen molar-refractivity contribution in [2.45, 2.75) is 87.3 Å². The number of nitrogens with one attached hydrogen (secondary N) is 2. The number of aromatic carboxylic acids is 3. The molecule has 0 amide bonds. The van der Waals surface area contributed by atoms with Gasteiger partial charge in [-0.2, -0.15) is 0 Å². The number of benzene rings is 6. The van der Waals surface area contributed by atoms with Gasteiger partial charge in [0, 0.05) is 0 Å². The van der Waals surface area contributed by atoms with Gasteiger partial charge in [-0.1, -0.05) is 117 Å². The predicted molar refractivity (Wildman–Crippen MR) is 253 cm³/mol. The summed E-state index contributed by atoms with van der Waals surface area (Å²) in [5.74, 6) is -3.14. The Balaban J connectivity index is 0.000000244. The van der Waals surface area contributed by atoms with Crippen molar-refractivity contribution in [3.63, 3.8) is 0 Å². The second-order valence-corrected chi connectivity index (χ2v) is 18.7. The molecule has 0 aliphatic heterocycles. The topological polar surface area (TPSA) is 204 Å². The molecular formula is C51H54N2O10S2. The lowest BCUT2D eigenvalue weighted by Crippen LogP contribution is -2.17. The summed E-state index contributed by atoms with van der Waals surface area (Å²) in [5, 5.41) is 27.9. The largest absolute Gasteiger partial charge is 0.478 e. The minimum absolute atomic E-state index is 0.251. The Morgan fingerprint density at radius 3 is 1.20 bits per heavy atom. The highest BCUT2D eigenvalue weighted by molar-refractivity contribution is 7.93. The van der Waals surface area contributed by atoms with E-state index in [0.717, 1.165) is 79.2 Å². The molecule has 0 aromatic heterocycles. The SMILES string of the molecule is CCc1ccc(S(=O)(=O)Nc2ccccc2CCCCCc2ccccc2C(=O)O)cc1.O=C(O)c1ccccc1CCCCCc1ccccc1NS(=O)(=O)c1ccccc1C(=O)O. The summed E-state index contributed by atoms with van der Waals surface area (Å²) < 4.78 is 56.6. The minimum atomic E-state index is -4.08. The van der Waals surface area contributed by atoms with E-state index in [1.54, 1.807) is 54.6 Å². The molecule has 0 aliphatic rings. The van der Waals surface area contributed by atoms with Gasteiger partial charge in [0.1, 0.15) is 4.90 Å². The molecule has 0 saturated heterocycles. The molecule has 0 unspecified atom stereocenters. The average molecular weight is 919 g/mol. The first-order chi connectivity index (χ1) is 31.2. The predicted octanol–water partition coefficient (Wildman–Crippen LogP) is 10.5. The van der Waals surface area contributed by atoms with Crippen molar-refractivity contribution in [2.24, 2.45) is 0 Å². The lowest BCUT2D eigenvalue weighted by Gasteiger charge is -2.14. The Labute approximate surface area is 381 Å². The van der Waals surface area contributed by atoms with Crippen LogP contribution in [0.2, 0.25) is 0 Å². The van der Waals surface area contributed by atoms with Gasteiger partial charge >= 0.3 is 17.9 Å². The number of unbranched alkanes of at least 4 members (excludes halogenated alkanes) is 4. The van der Waals surface area contributed by atoms with Crippen LogP contribution in [0, 0.1) is 0 Å². The van der Waals surface area contributed by atoms with E-state index in [1.165, 1.54) is 24.3 Å². The van der Waals surface area contributed by atoms with E-state index in [9.17, 15) is 46.5 Å². The number of carbonyl (C=O) groups is 3. The smallest absolute Gasteiger partial charge is 0.337 e. The molecule has 0 spiro atoms. The molecule has 6 aromatic carbocycles. The summed E-state index contributed by atoms with van der Waals surface area (Å²) in [4.78, 5) is 34.0. The zero-order chi connectivity index (χ0) is 46.8. The van der Waals surface area contributed by atoms with Crippen LogP contribution >= 0.6 is 0 Å². The molecule has 5 N–H and O–H groups in total. The van der Waals surface area contributed by atoms with Crippen molar-refractivity contribution in [3.05, 3.63) is 190 Å². The van der Waals surface area contributed by atoms with Crippen LogP contribution in [0.3, 0.4) is 0 Å². The molecular weight excluding hydrogens is 865 g/mol. The van der Waals surface area contributed by atoms with E-state index < -0.39 is 38.0 Å². The molecule has 12 nitrogen and oxygen atoms in total. The molecule has 6 rings (SSSR count). The van der Waals surface area contributed by atoms with Gasteiger partial charge in [0.05, 0.1) is 33.0 Å². The first-order valence-corrected chi connectivity index (χ1v) is 24.4. The van der Waals surface area contributed by atoms with Crippen molar-refractivity contribution >= 4 is 49.3 Å². The monoisotopic (exact) mass is 918 g/mol. The number of anilines is 2. The van der Waals surface area contributed by atoms with Crippen molar-refractivity contribution in [1.29, 1.82) is 0 Å². The van der Waals surface area contributed by atoms with Crippen LogP contribution in [0.25, 0.3) is 0 Å². The van der Waals surface area contributed by atoms with Crippen molar-refractivity contribution in [3.8, 4) is 0 Å². The van der Waals surface area contributed by atoms with E-state index in [2.05, 4.69) is 9.44 Å². The fourth-order valence-electron chi connectivity index (χ4n) is 7.37. The van der Waals surface area contributed by atoms with E-state index >= 15 is 0 Å². The number of carboxylic acid groups (broad SMARTS) is 3. The Kier molecular flexibility index (Phi) is 18.0. The molecule has 0 aliphatic carbocycles. The number of hydrogen-bond acceptors (Lipinski definition) is 7. The maximum atomic E-state index is 12.9.